The van der Waals surface area contributed by atoms with Crippen molar-refractivity contribution in [3.63, 3.8) is 0 Å². The lowest BCUT2D eigenvalue weighted by Crippen LogP contribution is -2.26. The molecule has 0 saturated heterocycles. The van der Waals surface area contributed by atoms with Crippen molar-refractivity contribution >= 4 is 62.5 Å². The Labute approximate surface area is 275 Å². The third-order valence-electron chi connectivity index (χ3n) is 8.07. The van der Waals surface area contributed by atoms with Gasteiger partial charge in [-0.05, 0) is 72.4 Å². The van der Waals surface area contributed by atoms with E-state index in [4.69, 9.17) is 16.0 Å². The summed E-state index contributed by atoms with van der Waals surface area (Å²) in [5.41, 5.74) is 4.63. The molecule has 0 bridgehead atoms. The van der Waals surface area contributed by atoms with E-state index >= 15 is 0 Å². The van der Waals surface area contributed by atoms with Crippen molar-refractivity contribution in [3.05, 3.63) is 97.8 Å². The highest BCUT2D eigenvalue weighted by Gasteiger charge is 2.31. The number of carbonyl (C=O) groups is 2. The second kappa shape index (κ2) is 14.3. The van der Waals surface area contributed by atoms with Gasteiger partial charge in [0.2, 0.25) is 5.78 Å². The van der Waals surface area contributed by atoms with Crippen molar-refractivity contribution < 1.29 is 19.1 Å². The van der Waals surface area contributed by atoms with Crippen LogP contribution in [0.2, 0.25) is 5.02 Å². The Morgan fingerprint density at radius 1 is 1.13 bits per heavy atom. The number of hydrogen-bond acceptors (Lipinski definition) is 4. The van der Waals surface area contributed by atoms with Crippen molar-refractivity contribution in [2.45, 2.75) is 81.1 Å². The zero-order valence-corrected chi connectivity index (χ0v) is 29.5. The van der Waals surface area contributed by atoms with Crippen LogP contribution in [0, 0.1) is 10.8 Å². The molecule has 5 nitrogen and oxygen atoms in total. The lowest BCUT2D eigenvalue weighted by atomic mass is 9.77. The van der Waals surface area contributed by atoms with Crippen molar-refractivity contribution in [2.75, 3.05) is 0 Å². The van der Waals surface area contributed by atoms with Gasteiger partial charge in [0.25, 0.3) is 0 Å². The third kappa shape index (κ3) is 8.62. The summed E-state index contributed by atoms with van der Waals surface area (Å²) in [7, 11) is -0.659. The topological polar surface area (TPSA) is 79.9 Å². The first-order valence-corrected chi connectivity index (χ1v) is 16.9. The largest absolute Gasteiger partial charge is 0.476 e. The monoisotopic (exact) mass is 647 g/mol. The van der Waals surface area contributed by atoms with E-state index in [2.05, 4.69) is 63.9 Å². The van der Waals surface area contributed by atoms with Crippen molar-refractivity contribution in [2.24, 2.45) is 15.8 Å². The van der Waals surface area contributed by atoms with Gasteiger partial charge in [-0.25, -0.2) is 9.79 Å². The Kier molecular flexibility index (Phi) is 11.4. The summed E-state index contributed by atoms with van der Waals surface area (Å²) >= 11 is 6.09. The first-order chi connectivity index (χ1) is 20.9. The first-order valence-electron chi connectivity index (χ1n) is 15.1. The summed E-state index contributed by atoms with van der Waals surface area (Å²) in [6.07, 6.45) is 6.63. The van der Waals surface area contributed by atoms with Crippen molar-refractivity contribution in [1.29, 1.82) is 0 Å². The zero-order chi connectivity index (χ0) is 33.9. The molecule has 0 spiro atoms. The third-order valence-corrected chi connectivity index (χ3v) is 10.1. The Balaban J connectivity index is 1.92. The van der Waals surface area contributed by atoms with E-state index in [1.54, 1.807) is 13.0 Å². The van der Waals surface area contributed by atoms with Gasteiger partial charge in [0, 0.05) is 27.1 Å². The van der Waals surface area contributed by atoms with Crippen LogP contribution in [0.15, 0.2) is 80.2 Å². The average Bonchev–Trinajstić information content (AvgIpc) is 3.48. The second-order valence-electron chi connectivity index (χ2n) is 13.3. The molecule has 45 heavy (non-hydrogen) atoms. The molecule has 2 heterocycles. The molecule has 1 aromatic heterocycles. The number of furan rings is 1. The SMILES string of the molecule is C=C(CC(=O)c1cc(=C)/c(=C(\C=C(/C)c2ccc(Cl)cc2)C(C)(C)C)o1)C(C)(C)C/C(=C\CCC)C1=NC(C(=O)O)=C(C)S1=C. The van der Waals surface area contributed by atoms with Crippen LogP contribution in [0.4, 0.5) is 0 Å². The summed E-state index contributed by atoms with van der Waals surface area (Å²) < 4.78 is 6.26. The number of carbonyl (C=O) groups excluding carboxylic acids is 1. The van der Waals surface area contributed by atoms with E-state index in [1.807, 2.05) is 45.0 Å². The number of Topliss-reactive ketones (excluding diaryl/α,β-unsaturated/α-hetero) is 1. The van der Waals surface area contributed by atoms with E-state index in [-0.39, 0.29) is 29.1 Å². The highest BCUT2D eigenvalue weighted by Crippen LogP contribution is 2.43. The van der Waals surface area contributed by atoms with Gasteiger partial charge in [-0.2, -0.15) is 0 Å². The second-order valence-corrected chi connectivity index (χ2v) is 15.5. The number of hydrogen-bond donors (Lipinski definition) is 1. The van der Waals surface area contributed by atoms with E-state index in [9.17, 15) is 14.7 Å². The summed E-state index contributed by atoms with van der Waals surface area (Å²) in [5.74, 6) is 3.27. The van der Waals surface area contributed by atoms with Gasteiger partial charge < -0.3 is 9.52 Å². The number of ketones is 1. The van der Waals surface area contributed by atoms with E-state index in [1.165, 1.54) is 0 Å². The van der Waals surface area contributed by atoms with Gasteiger partial charge >= 0.3 is 5.97 Å². The molecule has 0 fully saturated rings. The van der Waals surface area contributed by atoms with Crippen LogP contribution in [-0.4, -0.2) is 27.8 Å². The molecule has 240 valence electrons. The number of aliphatic imine (C=N–C) groups is 1. The van der Waals surface area contributed by atoms with Crippen molar-refractivity contribution in [3.8, 4) is 0 Å². The molecule has 0 saturated carbocycles. The lowest BCUT2D eigenvalue weighted by molar-refractivity contribution is -0.132. The molecule has 0 amide bonds. The Morgan fingerprint density at radius 2 is 1.76 bits per heavy atom. The number of halogens is 1. The summed E-state index contributed by atoms with van der Waals surface area (Å²) in [6.45, 7) is 24.9. The van der Waals surface area contributed by atoms with Gasteiger partial charge in [-0.15, -0.1) is 10.5 Å². The maximum atomic E-state index is 13.6. The van der Waals surface area contributed by atoms with E-state index in [0.29, 0.717) is 32.0 Å². The molecule has 2 aromatic rings. The fourth-order valence-electron chi connectivity index (χ4n) is 5.03. The van der Waals surface area contributed by atoms with Gasteiger partial charge in [-0.1, -0.05) is 108 Å². The fourth-order valence-corrected chi connectivity index (χ4v) is 6.49. The first kappa shape index (κ1) is 36.0. The Morgan fingerprint density at radius 3 is 2.29 bits per heavy atom. The van der Waals surface area contributed by atoms with Crippen LogP contribution in [0.25, 0.3) is 17.7 Å². The molecule has 1 atom stereocenters. The number of allylic oxidation sites excluding steroid dienone is 5. The van der Waals surface area contributed by atoms with Crippen LogP contribution < -0.4 is 10.6 Å². The Hall–Kier alpha value is -3.48. The van der Waals surface area contributed by atoms with Crippen LogP contribution >= 0.6 is 22.1 Å². The maximum absolute atomic E-state index is 13.6. The van der Waals surface area contributed by atoms with E-state index < -0.39 is 21.9 Å². The molecule has 1 N–H and O–H groups in total. The standard InChI is InChI=1S/C38H46ClNO4S/c1-12-13-14-28(35-40-33(36(42)43)26(5)45(35)11)22-38(9,10)25(4)21-31(41)32-20-24(3)34(44-32)30(37(6,7)8)19-23(2)27-15-17-29(39)18-16-27/h14-20H,3-4,11-13,21-22H2,1-2,5-10H3,(H,42,43)/b23-19+,28-14+,34-30-. The predicted molar refractivity (Wildman–Crippen MR) is 193 cm³/mol. The molecule has 3 rings (SSSR count). The molecule has 1 aliphatic heterocycles. The van der Waals surface area contributed by atoms with Crippen LogP contribution in [0.3, 0.4) is 0 Å². The van der Waals surface area contributed by atoms with Gasteiger partial charge in [0.15, 0.2) is 11.5 Å². The molecular weight excluding hydrogens is 602 g/mol. The van der Waals surface area contributed by atoms with Gasteiger partial charge in [0.05, 0.1) is 5.04 Å². The number of carboxylic acid groups (broad SMARTS) is 1. The molecule has 0 aliphatic carbocycles. The zero-order valence-electron chi connectivity index (χ0n) is 27.9. The minimum absolute atomic E-state index is 0.0692. The number of rotatable bonds is 12. The van der Waals surface area contributed by atoms with Crippen LogP contribution in [-0.2, 0) is 4.79 Å². The number of carboxylic acids is 1. The van der Waals surface area contributed by atoms with Crippen LogP contribution in [0.1, 0.15) is 97.2 Å². The molecule has 1 aromatic carbocycles. The number of aliphatic carboxylic acids is 1. The number of nitrogens with zero attached hydrogens (tertiary/aromatic N) is 1. The lowest BCUT2D eigenvalue weighted by Gasteiger charge is -2.29. The normalized spacial score (nSPS) is 17.0. The number of benzene rings is 1. The maximum Gasteiger partial charge on any atom is 0.355 e. The number of unbranched alkanes of at least 4 members (excludes halogenated alkanes) is 1. The van der Waals surface area contributed by atoms with Gasteiger partial charge in [-0.3, -0.25) is 4.79 Å². The summed E-state index contributed by atoms with van der Waals surface area (Å²) in [5, 5.41) is 11.7. The van der Waals surface area contributed by atoms with E-state index in [0.717, 1.165) is 40.7 Å². The molecular formula is C38H46ClNO4S. The van der Waals surface area contributed by atoms with Crippen molar-refractivity contribution in [1.82, 2.24) is 0 Å². The predicted octanol–water partition coefficient (Wildman–Crippen LogP) is 9.34. The molecule has 7 heteroatoms. The van der Waals surface area contributed by atoms with Crippen LogP contribution in [0.5, 0.6) is 0 Å². The molecule has 0 radical (unpaired) electrons. The average molecular weight is 648 g/mol. The highest BCUT2D eigenvalue weighted by molar-refractivity contribution is 8.30. The highest BCUT2D eigenvalue weighted by atomic mass is 35.5. The summed E-state index contributed by atoms with van der Waals surface area (Å²) in [6, 6.07) is 9.40. The minimum atomic E-state index is -1.04. The Bertz CT molecular complexity index is 1770. The smallest absolute Gasteiger partial charge is 0.355 e. The molecule has 1 unspecified atom stereocenters. The fraction of sp³-hybridized carbons (Fsp3) is 0.368. The summed E-state index contributed by atoms with van der Waals surface area (Å²) in [4.78, 5) is 30.5. The molecule has 1 aliphatic rings. The quantitative estimate of drug-likeness (QED) is 0.141. The minimum Gasteiger partial charge on any atom is -0.476 e. The van der Waals surface area contributed by atoms with Gasteiger partial charge in [0.1, 0.15) is 5.42 Å².